The Hall–Kier alpha value is -2.95. The number of benzene rings is 3. The van der Waals surface area contributed by atoms with Gasteiger partial charge in [-0.15, -0.1) is 0 Å². The maximum absolute atomic E-state index is 14.3. The zero-order valence-electron chi connectivity index (χ0n) is 17.5. The number of aromatic nitrogens is 2. The summed E-state index contributed by atoms with van der Waals surface area (Å²) >= 11 is 15.4. The molecule has 0 bridgehead atoms. The van der Waals surface area contributed by atoms with E-state index in [0.29, 0.717) is 16.9 Å². The Morgan fingerprint density at radius 2 is 1.83 bits per heavy atom. The lowest BCUT2D eigenvalue weighted by Crippen LogP contribution is -2.20. The van der Waals surface area contributed by atoms with E-state index >= 15 is 0 Å². The van der Waals surface area contributed by atoms with Gasteiger partial charge in [0.05, 0.1) is 26.8 Å². The van der Waals surface area contributed by atoms with Crippen molar-refractivity contribution < 1.29 is 22.3 Å². The molecule has 12 heteroatoms. The van der Waals surface area contributed by atoms with Crippen molar-refractivity contribution >= 4 is 73.2 Å². The first kappa shape index (κ1) is 25.2. The lowest BCUT2D eigenvalue weighted by molar-refractivity contribution is -0.153. The zero-order chi connectivity index (χ0) is 25.3. The second-order valence-electron chi connectivity index (χ2n) is 7.31. The first-order chi connectivity index (χ1) is 16.5. The van der Waals surface area contributed by atoms with E-state index in [9.17, 15) is 17.6 Å². The van der Waals surface area contributed by atoms with Crippen LogP contribution in [0, 0.1) is 5.82 Å². The van der Waals surface area contributed by atoms with Crippen molar-refractivity contribution in [2.24, 2.45) is 0 Å². The van der Waals surface area contributed by atoms with Crippen molar-refractivity contribution in [1.82, 2.24) is 9.97 Å². The molecule has 5 nitrogen and oxygen atoms in total. The molecular weight excluding hydrogens is 575 g/mol. The van der Waals surface area contributed by atoms with Gasteiger partial charge in [-0.3, -0.25) is 0 Å². The van der Waals surface area contributed by atoms with Gasteiger partial charge in [0.1, 0.15) is 11.6 Å². The first-order valence-electron chi connectivity index (χ1n) is 9.86. The monoisotopic (exact) mass is 588 g/mol. The van der Waals surface area contributed by atoms with Crippen LogP contribution in [0.2, 0.25) is 10.0 Å². The lowest BCUT2D eigenvalue weighted by atomic mass is 10.1. The number of rotatable bonds is 7. The van der Waals surface area contributed by atoms with Gasteiger partial charge in [0.15, 0.2) is 6.61 Å². The van der Waals surface area contributed by atoms with Gasteiger partial charge in [0, 0.05) is 27.5 Å². The van der Waals surface area contributed by atoms with Crippen LogP contribution >= 0.6 is 39.1 Å². The summed E-state index contributed by atoms with van der Waals surface area (Å²) in [6, 6.07) is 12.4. The Morgan fingerprint density at radius 1 is 1.11 bits per heavy atom. The SMILES string of the molecule is C=C(Nc1ccc(Br)cc1)c1cc2[nH]c(Nc3c(F)ccc(Cl)c3Cl)nc2cc1OCC(F)(F)F. The molecule has 0 atom stereocenters. The number of ether oxygens (including phenoxy) is 1. The smallest absolute Gasteiger partial charge is 0.422 e. The molecule has 0 fully saturated rings. The summed E-state index contributed by atoms with van der Waals surface area (Å²) in [4.78, 5) is 7.21. The largest absolute Gasteiger partial charge is 0.483 e. The number of H-pyrrole nitrogens is 1. The van der Waals surface area contributed by atoms with Gasteiger partial charge >= 0.3 is 6.18 Å². The predicted octanol–water partition coefficient (Wildman–Crippen LogP) is 8.54. The molecule has 35 heavy (non-hydrogen) atoms. The number of nitrogens with one attached hydrogen (secondary N) is 3. The van der Waals surface area contributed by atoms with Gasteiger partial charge in [0.25, 0.3) is 0 Å². The van der Waals surface area contributed by atoms with E-state index in [1.807, 2.05) is 0 Å². The molecule has 0 unspecified atom stereocenters. The van der Waals surface area contributed by atoms with Gasteiger partial charge in [-0.05, 0) is 42.5 Å². The number of nitrogens with zero attached hydrogens (tertiary/aromatic N) is 1. The molecule has 0 spiro atoms. The third-order valence-electron chi connectivity index (χ3n) is 4.73. The average Bonchev–Trinajstić information content (AvgIpc) is 3.19. The standard InChI is InChI=1S/C23H15BrCl2F4N4O/c1-11(31-13-4-2-12(24)3-5-13)14-8-17-18(9-19(14)35-10-23(28,29)30)33-22(32-17)34-21-16(27)7-6-15(25)20(21)26/h2-9,31H,1,10H2,(H2,32,33,34). The van der Waals surface area contributed by atoms with Crippen LogP contribution in [0.1, 0.15) is 5.56 Å². The fourth-order valence-electron chi connectivity index (χ4n) is 3.15. The van der Waals surface area contributed by atoms with Crippen LogP contribution in [-0.2, 0) is 0 Å². The molecule has 3 N–H and O–H groups in total. The second kappa shape index (κ2) is 9.96. The summed E-state index contributed by atoms with van der Waals surface area (Å²) in [5.41, 5.74) is 1.82. The first-order valence-corrected chi connectivity index (χ1v) is 11.4. The highest BCUT2D eigenvalue weighted by Gasteiger charge is 2.29. The Morgan fingerprint density at radius 3 is 2.51 bits per heavy atom. The van der Waals surface area contributed by atoms with E-state index in [1.165, 1.54) is 18.2 Å². The number of imidazole rings is 1. The Bertz CT molecular complexity index is 1410. The average molecular weight is 590 g/mol. The Kier molecular flexibility index (Phi) is 7.16. The molecule has 0 aliphatic rings. The highest BCUT2D eigenvalue weighted by atomic mass is 79.9. The topological polar surface area (TPSA) is 62.0 Å². The van der Waals surface area contributed by atoms with E-state index in [1.54, 1.807) is 24.3 Å². The Balaban J connectivity index is 1.70. The number of anilines is 3. The minimum atomic E-state index is -4.55. The summed E-state index contributed by atoms with van der Waals surface area (Å²) < 4.78 is 58.8. The molecule has 1 heterocycles. The number of fused-ring (bicyclic) bond motifs is 1. The van der Waals surface area contributed by atoms with Crippen molar-refractivity contribution in [1.29, 1.82) is 0 Å². The normalized spacial score (nSPS) is 11.5. The van der Waals surface area contributed by atoms with Gasteiger partial charge in [-0.25, -0.2) is 9.37 Å². The number of alkyl halides is 3. The maximum Gasteiger partial charge on any atom is 0.422 e. The summed E-state index contributed by atoms with van der Waals surface area (Å²) in [7, 11) is 0. The zero-order valence-corrected chi connectivity index (χ0v) is 20.6. The summed E-state index contributed by atoms with van der Waals surface area (Å²) in [5.74, 6) is -0.662. The molecule has 0 aliphatic carbocycles. The second-order valence-corrected chi connectivity index (χ2v) is 9.01. The molecule has 0 saturated carbocycles. The number of hydrogen-bond acceptors (Lipinski definition) is 4. The highest BCUT2D eigenvalue weighted by Crippen LogP contribution is 2.36. The molecule has 3 aromatic carbocycles. The van der Waals surface area contributed by atoms with Crippen molar-refractivity contribution in [3.8, 4) is 5.75 Å². The van der Waals surface area contributed by atoms with Gasteiger partial charge in [0.2, 0.25) is 5.95 Å². The lowest BCUT2D eigenvalue weighted by Gasteiger charge is -2.16. The predicted molar refractivity (Wildman–Crippen MR) is 134 cm³/mol. The summed E-state index contributed by atoms with van der Waals surface area (Å²) in [6.45, 7) is 2.44. The molecular formula is C23H15BrCl2F4N4O. The molecule has 4 rings (SSSR count). The maximum atomic E-state index is 14.3. The molecule has 0 aliphatic heterocycles. The van der Waals surface area contributed by atoms with Crippen molar-refractivity contribution in [2.75, 3.05) is 17.2 Å². The summed E-state index contributed by atoms with van der Waals surface area (Å²) in [6.07, 6.45) is -4.55. The van der Waals surface area contributed by atoms with Crippen molar-refractivity contribution in [3.05, 3.63) is 81.0 Å². The van der Waals surface area contributed by atoms with Crippen LogP contribution in [0.3, 0.4) is 0 Å². The van der Waals surface area contributed by atoms with E-state index in [4.69, 9.17) is 27.9 Å². The number of hydrogen-bond donors (Lipinski definition) is 3. The molecule has 0 saturated heterocycles. The van der Waals surface area contributed by atoms with Crippen LogP contribution in [0.5, 0.6) is 5.75 Å². The molecule has 1 aromatic heterocycles. The van der Waals surface area contributed by atoms with Crippen LogP contribution in [0.15, 0.2) is 59.6 Å². The highest BCUT2D eigenvalue weighted by molar-refractivity contribution is 9.10. The molecule has 4 aromatic rings. The fraction of sp³-hybridized carbons (Fsp3) is 0.0870. The van der Waals surface area contributed by atoms with E-state index in [-0.39, 0.29) is 38.5 Å². The van der Waals surface area contributed by atoms with Crippen LogP contribution in [0.4, 0.5) is 34.9 Å². The number of aromatic amines is 1. The molecule has 0 radical (unpaired) electrons. The fourth-order valence-corrected chi connectivity index (χ4v) is 3.77. The van der Waals surface area contributed by atoms with Crippen LogP contribution < -0.4 is 15.4 Å². The van der Waals surface area contributed by atoms with Crippen LogP contribution in [0.25, 0.3) is 16.7 Å². The third-order valence-corrected chi connectivity index (χ3v) is 6.06. The van der Waals surface area contributed by atoms with Gasteiger partial charge < -0.3 is 20.4 Å². The van der Waals surface area contributed by atoms with E-state index in [2.05, 4.69) is 43.1 Å². The minimum Gasteiger partial charge on any atom is -0.483 e. The minimum absolute atomic E-state index is 0.0471. The van der Waals surface area contributed by atoms with Crippen molar-refractivity contribution in [2.45, 2.75) is 6.18 Å². The number of halogens is 7. The van der Waals surface area contributed by atoms with Gasteiger partial charge in [-0.1, -0.05) is 45.7 Å². The van der Waals surface area contributed by atoms with Crippen LogP contribution in [-0.4, -0.2) is 22.8 Å². The van der Waals surface area contributed by atoms with E-state index < -0.39 is 18.6 Å². The molecule has 182 valence electrons. The summed E-state index contributed by atoms with van der Waals surface area (Å²) in [5, 5.41) is 5.85. The molecule has 0 amide bonds. The van der Waals surface area contributed by atoms with Crippen molar-refractivity contribution in [3.63, 3.8) is 0 Å². The quantitative estimate of drug-likeness (QED) is 0.149. The Labute approximate surface area is 215 Å². The van der Waals surface area contributed by atoms with E-state index in [0.717, 1.165) is 10.5 Å². The van der Waals surface area contributed by atoms with Gasteiger partial charge in [-0.2, -0.15) is 13.2 Å². The third kappa shape index (κ3) is 6.01.